The summed E-state index contributed by atoms with van der Waals surface area (Å²) in [6, 6.07) is 11.2. The second-order valence-corrected chi connectivity index (χ2v) is 7.29. The molecule has 4 rings (SSSR count). The molecule has 1 aliphatic heterocycles. The number of benzene rings is 2. The van der Waals surface area contributed by atoms with Crippen molar-refractivity contribution in [3.05, 3.63) is 53.2 Å². The number of aromatic nitrogens is 1. The van der Waals surface area contributed by atoms with E-state index >= 15 is 0 Å². The van der Waals surface area contributed by atoms with Crippen LogP contribution in [0.2, 0.25) is 0 Å². The summed E-state index contributed by atoms with van der Waals surface area (Å²) in [4.78, 5) is 30.7. The molecular weight excluding hydrogens is 398 g/mol. The van der Waals surface area contributed by atoms with Gasteiger partial charge in [0.2, 0.25) is 11.7 Å². The Balaban J connectivity index is 1.44. The van der Waals surface area contributed by atoms with Crippen molar-refractivity contribution in [1.82, 2.24) is 15.2 Å². The summed E-state index contributed by atoms with van der Waals surface area (Å²) in [5.74, 6) is 0.636. The van der Waals surface area contributed by atoms with Crippen molar-refractivity contribution >= 4 is 22.7 Å². The average Bonchev–Trinajstić information content (AvgIpc) is 3.19. The van der Waals surface area contributed by atoms with Gasteiger partial charge in [-0.15, -0.1) is 0 Å². The molecule has 0 radical (unpaired) electrons. The maximum absolute atomic E-state index is 12.8. The van der Waals surface area contributed by atoms with Crippen molar-refractivity contribution in [1.29, 1.82) is 0 Å². The molecule has 162 valence electrons. The zero-order valence-electron chi connectivity index (χ0n) is 17.8. The summed E-state index contributed by atoms with van der Waals surface area (Å²) >= 11 is 0. The number of methoxy groups -OCH3 is 3. The number of amides is 2. The van der Waals surface area contributed by atoms with Crippen molar-refractivity contribution < 1.29 is 23.8 Å². The van der Waals surface area contributed by atoms with E-state index in [0.29, 0.717) is 35.9 Å². The van der Waals surface area contributed by atoms with Crippen LogP contribution in [0.4, 0.5) is 0 Å². The highest BCUT2D eigenvalue weighted by Crippen LogP contribution is 2.38. The fourth-order valence-corrected chi connectivity index (χ4v) is 3.96. The monoisotopic (exact) mass is 423 g/mol. The molecule has 8 nitrogen and oxygen atoms in total. The third kappa shape index (κ3) is 3.88. The van der Waals surface area contributed by atoms with Crippen LogP contribution in [0.15, 0.2) is 36.4 Å². The average molecular weight is 423 g/mol. The van der Waals surface area contributed by atoms with Crippen LogP contribution in [0.3, 0.4) is 0 Å². The van der Waals surface area contributed by atoms with E-state index in [0.717, 1.165) is 22.9 Å². The third-order valence-corrected chi connectivity index (χ3v) is 5.56. The van der Waals surface area contributed by atoms with Crippen molar-refractivity contribution in [2.45, 2.75) is 13.0 Å². The van der Waals surface area contributed by atoms with Crippen molar-refractivity contribution in [2.75, 3.05) is 34.4 Å². The molecule has 2 aromatic carbocycles. The number of para-hydroxylation sites is 1. The Bertz CT molecular complexity index is 1110. The smallest absolute Gasteiger partial charge is 0.251 e. The van der Waals surface area contributed by atoms with E-state index in [2.05, 4.69) is 16.4 Å². The van der Waals surface area contributed by atoms with E-state index < -0.39 is 5.91 Å². The van der Waals surface area contributed by atoms with E-state index in [-0.39, 0.29) is 12.5 Å². The van der Waals surface area contributed by atoms with E-state index in [1.807, 2.05) is 18.2 Å². The SMILES string of the molecule is COc1cc(C(=O)NCC(=O)N2CCc3[nH]c4ccccc4c3C2)cc(OC)c1OC. The molecule has 0 spiro atoms. The van der Waals surface area contributed by atoms with E-state index in [1.165, 1.54) is 27.0 Å². The molecule has 2 heterocycles. The van der Waals surface area contributed by atoms with E-state index in [4.69, 9.17) is 14.2 Å². The van der Waals surface area contributed by atoms with Crippen LogP contribution in [0.25, 0.3) is 10.9 Å². The quantitative estimate of drug-likeness (QED) is 0.636. The van der Waals surface area contributed by atoms with Crippen molar-refractivity contribution in [3.63, 3.8) is 0 Å². The summed E-state index contributed by atoms with van der Waals surface area (Å²) in [6.07, 6.45) is 0.760. The van der Waals surface area contributed by atoms with Crippen LogP contribution in [0, 0.1) is 0 Å². The zero-order valence-corrected chi connectivity index (χ0v) is 17.8. The minimum atomic E-state index is -0.391. The number of hydrogen-bond donors (Lipinski definition) is 2. The van der Waals surface area contributed by atoms with Gasteiger partial charge in [0.15, 0.2) is 11.5 Å². The summed E-state index contributed by atoms with van der Waals surface area (Å²) in [6.45, 7) is 1.05. The number of H-pyrrole nitrogens is 1. The molecule has 0 bridgehead atoms. The Kier molecular flexibility index (Phi) is 5.70. The predicted octanol–water partition coefficient (Wildman–Crippen LogP) is 2.51. The summed E-state index contributed by atoms with van der Waals surface area (Å²) in [5, 5.41) is 3.84. The maximum Gasteiger partial charge on any atom is 0.251 e. The van der Waals surface area contributed by atoms with E-state index in [1.54, 1.807) is 17.0 Å². The molecule has 0 atom stereocenters. The van der Waals surface area contributed by atoms with Crippen LogP contribution in [0.5, 0.6) is 17.2 Å². The van der Waals surface area contributed by atoms with Gasteiger partial charge in [0.05, 0.1) is 27.9 Å². The molecule has 2 amide bonds. The number of aromatic amines is 1. The van der Waals surface area contributed by atoms with Crippen LogP contribution >= 0.6 is 0 Å². The highest BCUT2D eigenvalue weighted by Gasteiger charge is 2.24. The molecule has 0 saturated heterocycles. The second-order valence-electron chi connectivity index (χ2n) is 7.29. The number of hydrogen-bond acceptors (Lipinski definition) is 5. The number of ether oxygens (including phenoxy) is 3. The third-order valence-electron chi connectivity index (χ3n) is 5.56. The Morgan fingerprint density at radius 3 is 2.45 bits per heavy atom. The molecule has 2 N–H and O–H groups in total. The molecule has 8 heteroatoms. The first kappa shape index (κ1) is 20.6. The Morgan fingerprint density at radius 1 is 1.06 bits per heavy atom. The van der Waals surface area contributed by atoms with Gasteiger partial charge < -0.3 is 29.4 Å². The minimum Gasteiger partial charge on any atom is -0.493 e. The highest BCUT2D eigenvalue weighted by atomic mass is 16.5. The van der Waals surface area contributed by atoms with Gasteiger partial charge in [-0.25, -0.2) is 0 Å². The van der Waals surface area contributed by atoms with Crippen LogP contribution in [-0.4, -0.2) is 56.1 Å². The van der Waals surface area contributed by atoms with Gasteiger partial charge in [-0.3, -0.25) is 9.59 Å². The molecule has 0 saturated carbocycles. The van der Waals surface area contributed by atoms with Gasteiger partial charge in [-0.1, -0.05) is 18.2 Å². The van der Waals surface area contributed by atoms with Crippen LogP contribution in [-0.2, 0) is 17.8 Å². The first-order valence-corrected chi connectivity index (χ1v) is 10.00. The molecule has 3 aromatic rings. The molecule has 1 aromatic heterocycles. The van der Waals surface area contributed by atoms with Gasteiger partial charge in [-0.2, -0.15) is 0 Å². The largest absolute Gasteiger partial charge is 0.493 e. The predicted molar refractivity (Wildman–Crippen MR) is 116 cm³/mol. The number of fused-ring (bicyclic) bond motifs is 3. The number of rotatable bonds is 6. The second kappa shape index (κ2) is 8.59. The van der Waals surface area contributed by atoms with Gasteiger partial charge >= 0.3 is 0 Å². The number of nitrogens with one attached hydrogen (secondary N) is 2. The van der Waals surface area contributed by atoms with Gasteiger partial charge in [0, 0.05) is 47.2 Å². The lowest BCUT2D eigenvalue weighted by atomic mass is 10.0. The van der Waals surface area contributed by atoms with Gasteiger partial charge in [-0.05, 0) is 18.2 Å². The number of carbonyl (C=O) groups is 2. The van der Waals surface area contributed by atoms with Gasteiger partial charge in [0.25, 0.3) is 5.91 Å². The molecule has 1 aliphatic rings. The summed E-state index contributed by atoms with van der Waals surface area (Å²) < 4.78 is 15.9. The summed E-state index contributed by atoms with van der Waals surface area (Å²) in [5.41, 5.74) is 3.72. The fourth-order valence-electron chi connectivity index (χ4n) is 3.96. The standard InChI is InChI=1S/C23H25N3O5/c1-29-19-10-14(11-20(30-2)22(19)31-3)23(28)24-12-21(27)26-9-8-18-16(13-26)15-6-4-5-7-17(15)25-18/h4-7,10-11,25H,8-9,12-13H2,1-3H3,(H,24,28). The lowest BCUT2D eigenvalue weighted by Gasteiger charge is -2.27. The van der Waals surface area contributed by atoms with Crippen molar-refractivity contribution in [2.24, 2.45) is 0 Å². The normalized spacial score (nSPS) is 12.9. The highest BCUT2D eigenvalue weighted by molar-refractivity contribution is 5.97. The lowest BCUT2D eigenvalue weighted by molar-refractivity contribution is -0.131. The molecule has 0 unspecified atom stereocenters. The lowest BCUT2D eigenvalue weighted by Crippen LogP contribution is -2.42. The van der Waals surface area contributed by atoms with E-state index in [9.17, 15) is 9.59 Å². The minimum absolute atomic E-state index is 0.0901. The first-order chi connectivity index (χ1) is 15.0. The fraction of sp³-hybridized carbons (Fsp3) is 0.304. The number of nitrogens with zero attached hydrogens (tertiary/aromatic N) is 1. The van der Waals surface area contributed by atoms with Crippen LogP contribution in [0.1, 0.15) is 21.6 Å². The molecule has 0 fully saturated rings. The van der Waals surface area contributed by atoms with Crippen molar-refractivity contribution in [3.8, 4) is 17.2 Å². The summed E-state index contributed by atoms with van der Waals surface area (Å²) in [7, 11) is 4.46. The first-order valence-electron chi connectivity index (χ1n) is 10.00. The zero-order chi connectivity index (χ0) is 22.0. The molecule has 31 heavy (non-hydrogen) atoms. The van der Waals surface area contributed by atoms with Gasteiger partial charge in [0.1, 0.15) is 0 Å². The maximum atomic E-state index is 12.8. The molecule has 0 aliphatic carbocycles. The topological polar surface area (TPSA) is 92.9 Å². The Hall–Kier alpha value is -3.68. The van der Waals surface area contributed by atoms with Crippen LogP contribution < -0.4 is 19.5 Å². The number of carbonyl (C=O) groups excluding carboxylic acids is 2. The molecular formula is C23H25N3O5. The Labute approximate surface area is 180 Å². The Morgan fingerprint density at radius 2 is 1.77 bits per heavy atom.